The average Bonchev–Trinajstić information content (AvgIpc) is 2.11. The summed E-state index contributed by atoms with van der Waals surface area (Å²) in [4.78, 5) is 2.65. The molecule has 0 N–H and O–H groups in total. The maximum atomic E-state index is 4.24. The van der Waals surface area contributed by atoms with Gasteiger partial charge in [0.25, 0.3) is 0 Å². The highest BCUT2D eigenvalue weighted by Gasteiger charge is 2.21. The Morgan fingerprint density at radius 3 is 2.69 bits per heavy atom. The summed E-state index contributed by atoms with van der Waals surface area (Å²) >= 11 is 4.24. The summed E-state index contributed by atoms with van der Waals surface area (Å²) in [7, 11) is 0. The second kappa shape index (κ2) is 5.92. The second-order valence-electron chi connectivity index (χ2n) is 4.46. The lowest BCUT2D eigenvalue weighted by molar-refractivity contribution is 0.123. The van der Waals surface area contributed by atoms with Gasteiger partial charge in [-0.25, -0.2) is 0 Å². The van der Waals surface area contributed by atoms with Crippen molar-refractivity contribution < 1.29 is 0 Å². The molecule has 13 heavy (non-hydrogen) atoms. The van der Waals surface area contributed by atoms with Crippen LogP contribution < -0.4 is 0 Å². The molecule has 0 aromatic rings. The van der Waals surface area contributed by atoms with Crippen LogP contribution in [-0.4, -0.2) is 29.8 Å². The predicted molar refractivity (Wildman–Crippen MR) is 62.5 cm³/mol. The van der Waals surface area contributed by atoms with Gasteiger partial charge in [-0.1, -0.05) is 6.92 Å². The minimum absolute atomic E-state index is 0.816. The highest BCUT2D eigenvalue weighted by atomic mass is 32.1. The van der Waals surface area contributed by atoms with Gasteiger partial charge in [0.1, 0.15) is 0 Å². The Morgan fingerprint density at radius 2 is 2.00 bits per heavy atom. The first-order valence-corrected chi connectivity index (χ1v) is 6.22. The van der Waals surface area contributed by atoms with E-state index in [-0.39, 0.29) is 0 Å². The molecule has 1 nitrogen and oxygen atoms in total. The van der Waals surface area contributed by atoms with Crippen molar-refractivity contribution in [2.24, 2.45) is 5.92 Å². The molecular weight excluding hydrogens is 178 g/mol. The number of piperidine rings is 1. The Balaban J connectivity index is 2.21. The molecule has 0 radical (unpaired) electrons. The third-order valence-electron chi connectivity index (χ3n) is 3.10. The molecule has 0 bridgehead atoms. The van der Waals surface area contributed by atoms with Gasteiger partial charge in [-0.2, -0.15) is 12.6 Å². The van der Waals surface area contributed by atoms with Crippen LogP contribution in [0.3, 0.4) is 0 Å². The first kappa shape index (κ1) is 11.4. The third kappa shape index (κ3) is 3.90. The van der Waals surface area contributed by atoms with E-state index >= 15 is 0 Å². The average molecular weight is 201 g/mol. The largest absolute Gasteiger partial charge is 0.300 e. The summed E-state index contributed by atoms with van der Waals surface area (Å²) in [5, 5.41) is 0. The number of unbranched alkanes of at least 4 members (excludes halogenated alkanes) is 1. The molecule has 0 aliphatic carbocycles. The molecule has 1 heterocycles. The van der Waals surface area contributed by atoms with Crippen LogP contribution in [0.2, 0.25) is 0 Å². The fourth-order valence-electron chi connectivity index (χ4n) is 2.12. The van der Waals surface area contributed by atoms with Crippen LogP contribution in [0.15, 0.2) is 0 Å². The SMILES string of the molecule is CC1CCC(C)N(CCCCS)C1. The van der Waals surface area contributed by atoms with E-state index in [2.05, 4.69) is 31.4 Å². The fraction of sp³-hybridized carbons (Fsp3) is 1.00. The van der Waals surface area contributed by atoms with Crippen LogP contribution in [0.1, 0.15) is 39.5 Å². The van der Waals surface area contributed by atoms with E-state index in [4.69, 9.17) is 0 Å². The number of rotatable bonds is 4. The van der Waals surface area contributed by atoms with Crippen LogP contribution in [0.25, 0.3) is 0 Å². The monoisotopic (exact) mass is 201 g/mol. The molecule has 1 rings (SSSR count). The van der Waals surface area contributed by atoms with Crippen molar-refractivity contribution in [1.29, 1.82) is 0 Å². The van der Waals surface area contributed by atoms with E-state index in [1.54, 1.807) is 0 Å². The van der Waals surface area contributed by atoms with E-state index in [9.17, 15) is 0 Å². The summed E-state index contributed by atoms with van der Waals surface area (Å²) in [6.45, 7) is 7.34. The van der Waals surface area contributed by atoms with Gasteiger partial charge in [0.2, 0.25) is 0 Å². The maximum absolute atomic E-state index is 4.24. The zero-order valence-electron chi connectivity index (χ0n) is 9.00. The second-order valence-corrected chi connectivity index (χ2v) is 4.90. The number of nitrogens with zero attached hydrogens (tertiary/aromatic N) is 1. The summed E-state index contributed by atoms with van der Waals surface area (Å²) in [6.07, 6.45) is 5.40. The highest BCUT2D eigenvalue weighted by molar-refractivity contribution is 7.80. The van der Waals surface area contributed by atoms with Crippen molar-refractivity contribution >= 4 is 12.6 Å². The Morgan fingerprint density at radius 1 is 1.23 bits per heavy atom. The van der Waals surface area contributed by atoms with Crippen LogP contribution in [0.4, 0.5) is 0 Å². The molecule has 2 unspecified atom stereocenters. The quantitative estimate of drug-likeness (QED) is 0.541. The Kier molecular flexibility index (Phi) is 5.18. The van der Waals surface area contributed by atoms with Gasteiger partial charge < -0.3 is 4.90 Å². The van der Waals surface area contributed by atoms with Gasteiger partial charge in [0, 0.05) is 12.6 Å². The molecule has 2 atom stereocenters. The molecule has 1 saturated heterocycles. The van der Waals surface area contributed by atoms with E-state index in [1.807, 2.05) is 0 Å². The summed E-state index contributed by atoms with van der Waals surface area (Å²) in [5.41, 5.74) is 0. The first-order chi connectivity index (χ1) is 6.24. The molecule has 1 aliphatic rings. The summed E-state index contributed by atoms with van der Waals surface area (Å²) in [5.74, 6) is 1.95. The van der Waals surface area contributed by atoms with Gasteiger partial charge in [-0.3, -0.25) is 0 Å². The van der Waals surface area contributed by atoms with Gasteiger partial charge in [0.05, 0.1) is 0 Å². The molecule has 0 aromatic heterocycles. The van der Waals surface area contributed by atoms with Crippen molar-refractivity contribution in [1.82, 2.24) is 4.90 Å². The van der Waals surface area contributed by atoms with Crippen LogP contribution >= 0.6 is 12.6 Å². The van der Waals surface area contributed by atoms with Crippen molar-refractivity contribution in [3.05, 3.63) is 0 Å². The van der Waals surface area contributed by atoms with E-state index < -0.39 is 0 Å². The summed E-state index contributed by atoms with van der Waals surface area (Å²) < 4.78 is 0. The highest BCUT2D eigenvalue weighted by Crippen LogP contribution is 2.21. The molecule has 78 valence electrons. The van der Waals surface area contributed by atoms with Crippen molar-refractivity contribution in [2.45, 2.75) is 45.6 Å². The maximum Gasteiger partial charge on any atom is 0.00671 e. The summed E-state index contributed by atoms with van der Waals surface area (Å²) in [6, 6.07) is 0.816. The minimum atomic E-state index is 0.816. The van der Waals surface area contributed by atoms with Crippen molar-refractivity contribution in [2.75, 3.05) is 18.8 Å². The zero-order chi connectivity index (χ0) is 9.68. The molecule has 2 heteroatoms. The van der Waals surface area contributed by atoms with E-state index in [1.165, 1.54) is 38.8 Å². The molecule has 1 aliphatic heterocycles. The third-order valence-corrected chi connectivity index (χ3v) is 3.42. The topological polar surface area (TPSA) is 3.24 Å². The number of hydrogen-bond acceptors (Lipinski definition) is 2. The Hall–Kier alpha value is 0.310. The fourth-order valence-corrected chi connectivity index (χ4v) is 2.34. The van der Waals surface area contributed by atoms with Gasteiger partial charge in [-0.05, 0) is 50.8 Å². The lowest BCUT2D eigenvalue weighted by Crippen LogP contribution is -2.41. The Labute approximate surface area is 88.3 Å². The normalized spacial score (nSPS) is 30.7. The lowest BCUT2D eigenvalue weighted by atomic mass is 9.95. The molecule has 0 aromatic carbocycles. The number of hydrogen-bond donors (Lipinski definition) is 1. The standard InChI is InChI=1S/C11H23NS/c1-10-5-6-11(2)12(9-10)7-3-4-8-13/h10-11,13H,3-9H2,1-2H3. The zero-order valence-corrected chi connectivity index (χ0v) is 9.89. The van der Waals surface area contributed by atoms with Crippen molar-refractivity contribution in [3.8, 4) is 0 Å². The minimum Gasteiger partial charge on any atom is -0.300 e. The molecular formula is C11H23NS. The molecule has 1 fully saturated rings. The van der Waals surface area contributed by atoms with Gasteiger partial charge in [0.15, 0.2) is 0 Å². The molecule has 0 amide bonds. The van der Waals surface area contributed by atoms with Gasteiger partial charge in [-0.15, -0.1) is 0 Å². The van der Waals surface area contributed by atoms with Crippen molar-refractivity contribution in [3.63, 3.8) is 0 Å². The molecule has 0 spiro atoms. The van der Waals surface area contributed by atoms with Crippen LogP contribution in [0, 0.1) is 5.92 Å². The van der Waals surface area contributed by atoms with Crippen LogP contribution in [-0.2, 0) is 0 Å². The van der Waals surface area contributed by atoms with Gasteiger partial charge >= 0.3 is 0 Å². The molecule has 0 saturated carbocycles. The van der Waals surface area contributed by atoms with E-state index in [0.717, 1.165) is 17.7 Å². The van der Waals surface area contributed by atoms with Crippen LogP contribution in [0.5, 0.6) is 0 Å². The smallest absolute Gasteiger partial charge is 0.00671 e. The predicted octanol–water partition coefficient (Wildman–Crippen LogP) is 2.82. The first-order valence-electron chi connectivity index (χ1n) is 5.59. The van der Waals surface area contributed by atoms with E-state index in [0.29, 0.717) is 0 Å². The Bertz CT molecular complexity index is 138. The number of thiol groups is 1. The number of likely N-dealkylation sites (tertiary alicyclic amines) is 1. The lowest BCUT2D eigenvalue weighted by Gasteiger charge is -2.36.